The first-order valence-electron chi connectivity index (χ1n) is 8.99. The predicted molar refractivity (Wildman–Crippen MR) is 120 cm³/mol. The summed E-state index contributed by atoms with van der Waals surface area (Å²) in [4.78, 5) is 15.1. The lowest BCUT2D eigenvalue weighted by molar-refractivity contribution is 0.427. The molecule has 0 saturated heterocycles. The quantitative estimate of drug-likeness (QED) is 0.486. The maximum atomic E-state index is 10.6. The summed E-state index contributed by atoms with van der Waals surface area (Å²) in [6.45, 7) is 0. The minimum absolute atomic E-state index is 0.180. The fourth-order valence-corrected chi connectivity index (χ4v) is 4.81. The first kappa shape index (κ1) is 17.8. The summed E-state index contributed by atoms with van der Waals surface area (Å²) in [5.74, 6) is 0.180. The maximum absolute atomic E-state index is 10.6. The van der Waals surface area contributed by atoms with Gasteiger partial charge in [0, 0.05) is 35.3 Å². The summed E-state index contributed by atoms with van der Waals surface area (Å²) in [6.07, 6.45) is 3.78. The second-order valence-electron chi connectivity index (χ2n) is 6.50. The molecule has 5 nitrogen and oxygen atoms in total. The molecular formula is C22H16N4OS2. The topological polar surface area (TPSA) is 62.8 Å². The molecule has 7 heteroatoms. The van der Waals surface area contributed by atoms with Crippen molar-refractivity contribution in [3.63, 3.8) is 0 Å². The molecule has 1 N–H and O–H groups in total. The number of aromatic hydroxyl groups is 1. The Bertz CT molecular complexity index is 1330. The third-order valence-electron chi connectivity index (χ3n) is 4.62. The van der Waals surface area contributed by atoms with E-state index in [2.05, 4.69) is 15.0 Å². The van der Waals surface area contributed by atoms with Gasteiger partial charge in [0.2, 0.25) is 11.0 Å². The lowest BCUT2D eigenvalue weighted by Gasteiger charge is -1.98. The van der Waals surface area contributed by atoms with Crippen molar-refractivity contribution in [2.75, 3.05) is 0 Å². The van der Waals surface area contributed by atoms with Gasteiger partial charge in [-0.1, -0.05) is 59.9 Å². The van der Waals surface area contributed by atoms with Gasteiger partial charge in [-0.3, -0.25) is 9.56 Å². The number of thiazole rings is 2. The number of rotatable bonds is 3. The van der Waals surface area contributed by atoms with Crippen molar-refractivity contribution in [3.05, 3.63) is 75.2 Å². The molecule has 0 unspecified atom stereocenters. The van der Waals surface area contributed by atoms with Crippen LogP contribution >= 0.6 is 22.7 Å². The van der Waals surface area contributed by atoms with Crippen LogP contribution in [0.25, 0.3) is 22.9 Å². The van der Waals surface area contributed by atoms with Crippen LogP contribution in [-0.2, 0) is 7.05 Å². The molecule has 0 saturated carbocycles. The zero-order valence-electron chi connectivity index (χ0n) is 15.5. The summed E-state index contributed by atoms with van der Waals surface area (Å²) < 4.78 is 1.68. The number of aliphatic imine (C=N–C) groups is 1. The number of fused-ring (bicyclic) bond motifs is 1. The molecule has 4 aromatic rings. The number of hydrogen-bond donors (Lipinski definition) is 1. The fraction of sp³-hybridized carbons (Fsp3) is 0.0455. The molecule has 1 aliphatic rings. The van der Waals surface area contributed by atoms with Gasteiger partial charge in [0.05, 0.1) is 16.3 Å². The second kappa shape index (κ2) is 7.27. The summed E-state index contributed by atoms with van der Waals surface area (Å²) in [5.41, 5.74) is 4.95. The van der Waals surface area contributed by atoms with Crippen molar-refractivity contribution in [2.24, 2.45) is 17.0 Å². The van der Waals surface area contributed by atoms with E-state index in [1.165, 1.54) is 22.7 Å². The lowest BCUT2D eigenvalue weighted by atomic mass is 10.1. The predicted octanol–water partition coefficient (Wildman–Crippen LogP) is 5.40. The zero-order valence-corrected chi connectivity index (χ0v) is 17.1. The molecule has 0 amide bonds. The van der Waals surface area contributed by atoms with E-state index in [0.717, 1.165) is 33.0 Å². The highest BCUT2D eigenvalue weighted by atomic mass is 32.1. The van der Waals surface area contributed by atoms with Crippen molar-refractivity contribution in [2.45, 2.75) is 0 Å². The van der Waals surface area contributed by atoms with Gasteiger partial charge in [-0.2, -0.15) is 4.99 Å². The van der Waals surface area contributed by atoms with E-state index in [-0.39, 0.29) is 5.88 Å². The summed E-state index contributed by atoms with van der Waals surface area (Å²) in [7, 11) is 1.80. The Kier molecular flexibility index (Phi) is 4.46. The molecule has 2 aromatic heterocycles. The Morgan fingerprint density at radius 2 is 1.86 bits per heavy atom. The largest absolute Gasteiger partial charge is 0.493 e. The standard InChI is InChI=1S/C22H16N4OS2/c1-26-20(27)19(11-15-12-23-17-10-6-5-9-16(15)17)29-22(26)25-21-24-18(13-28-21)14-7-3-2-4-8-14/h2-13,27H,1H3/b15-11+,25-22+. The van der Waals surface area contributed by atoms with Crippen molar-refractivity contribution >= 4 is 51.4 Å². The Morgan fingerprint density at radius 3 is 2.72 bits per heavy atom. The molecule has 5 rings (SSSR count). The van der Waals surface area contributed by atoms with Crippen LogP contribution in [0.5, 0.6) is 5.88 Å². The van der Waals surface area contributed by atoms with E-state index in [1.807, 2.05) is 72.3 Å². The van der Waals surface area contributed by atoms with E-state index >= 15 is 0 Å². The van der Waals surface area contributed by atoms with Gasteiger partial charge < -0.3 is 5.11 Å². The molecule has 0 radical (unpaired) electrons. The minimum Gasteiger partial charge on any atom is -0.493 e. The van der Waals surface area contributed by atoms with Gasteiger partial charge in [-0.05, 0) is 12.1 Å². The first-order valence-corrected chi connectivity index (χ1v) is 10.7. The molecular weight excluding hydrogens is 400 g/mol. The number of nitrogens with zero attached hydrogens (tertiary/aromatic N) is 4. The van der Waals surface area contributed by atoms with E-state index in [0.29, 0.717) is 9.93 Å². The summed E-state index contributed by atoms with van der Waals surface area (Å²) >= 11 is 2.91. The molecule has 0 fully saturated rings. The molecule has 0 bridgehead atoms. The van der Waals surface area contributed by atoms with E-state index in [1.54, 1.807) is 11.6 Å². The number of aromatic nitrogens is 2. The van der Waals surface area contributed by atoms with Crippen LogP contribution in [0.4, 0.5) is 10.8 Å². The number of hydrogen-bond acceptors (Lipinski definition) is 6. The lowest BCUT2D eigenvalue weighted by Crippen LogP contribution is -2.08. The average molecular weight is 417 g/mol. The smallest absolute Gasteiger partial charge is 0.212 e. The molecule has 0 atom stereocenters. The first-order chi connectivity index (χ1) is 14.2. The molecule has 0 aliphatic carbocycles. The molecule has 3 heterocycles. The van der Waals surface area contributed by atoms with E-state index < -0.39 is 0 Å². The van der Waals surface area contributed by atoms with Gasteiger partial charge in [-0.25, -0.2) is 4.98 Å². The molecule has 0 spiro atoms. The number of para-hydroxylation sites is 1. The Hall–Kier alpha value is -3.29. The van der Waals surface area contributed by atoms with Crippen LogP contribution in [0.3, 0.4) is 0 Å². The van der Waals surface area contributed by atoms with Gasteiger partial charge in [0.25, 0.3) is 0 Å². The Balaban J connectivity index is 1.52. The molecule has 29 heavy (non-hydrogen) atoms. The number of allylic oxidation sites excluding steroid dienone is 1. The summed E-state index contributed by atoms with van der Waals surface area (Å²) in [5, 5.41) is 13.3. The van der Waals surface area contributed by atoms with Crippen LogP contribution in [0, 0.1) is 0 Å². The van der Waals surface area contributed by atoms with Crippen LogP contribution in [-0.4, -0.2) is 20.9 Å². The van der Waals surface area contributed by atoms with Crippen molar-refractivity contribution in [1.29, 1.82) is 0 Å². The van der Waals surface area contributed by atoms with Crippen molar-refractivity contribution in [1.82, 2.24) is 9.55 Å². The van der Waals surface area contributed by atoms with Crippen molar-refractivity contribution in [3.8, 4) is 17.1 Å². The minimum atomic E-state index is 0.180. The third kappa shape index (κ3) is 3.35. The highest BCUT2D eigenvalue weighted by Gasteiger charge is 2.14. The average Bonchev–Trinajstić information content (AvgIpc) is 3.45. The normalized spacial score (nSPS) is 14.7. The monoisotopic (exact) mass is 416 g/mol. The van der Waals surface area contributed by atoms with E-state index in [9.17, 15) is 5.11 Å². The SMILES string of the molecule is Cn1c(O)c(/C=C2\C=Nc3ccccc32)s/c1=N/c1nc(-c2ccccc2)cs1. The highest BCUT2D eigenvalue weighted by molar-refractivity contribution is 7.14. The van der Waals surface area contributed by atoms with Gasteiger partial charge in [0.15, 0.2) is 4.80 Å². The molecule has 142 valence electrons. The van der Waals surface area contributed by atoms with Crippen LogP contribution in [0.15, 0.2) is 70.0 Å². The summed E-state index contributed by atoms with van der Waals surface area (Å²) in [6, 6.07) is 18.0. The van der Waals surface area contributed by atoms with Crippen molar-refractivity contribution < 1.29 is 5.11 Å². The highest BCUT2D eigenvalue weighted by Crippen LogP contribution is 2.34. The Morgan fingerprint density at radius 1 is 1.07 bits per heavy atom. The van der Waals surface area contributed by atoms with Crippen LogP contribution in [0.2, 0.25) is 0 Å². The zero-order chi connectivity index (χ0) is 19.8. The third-order valence-corrected chi connectivity index (χ3v) is 6.43. The van der Waals surface area contributed by atoms with E-state index in [4.69, 9.17) is 0 Å². The maximum Gasteiger partial charge on any atom is 0.212 e. The van der Waals surface area contributed by atoms with Gasteiger partial charge in [0.1, 0.15) is 0 Å². The molecule has 1 aliphatic heterocycles. The second-order valence-corrected chi connectivity index (χ2v) is 8.35. The fourth-order valence-electron chi connectivity index (χ4n) is 3.09. The number of benzene rings is 2. The van der Waals surface area contributed by atoms with Crippen LogP contribution < -0.4 is 4.80 Å². The molecule has 2 aromatic carbocycles. The van der Waals surface area contributed by atoms with Crippen LogP contribution in [0.1, 0.15) is 10.4 Å². The Labute approximate surface area is 175 Å². The van der Waals surface area contributed by atoms with Gasteiger partial charge in [-0.15, -0.1) is 11.3 Å². The van der Waals surface area contributed by atoms with Gasteiger partial charge >= 0.3 is 0 Å².